The number of hydrogen-bond acceptors (Lipinski definition) is 0. The standard InChI is InChI=1S/C60H40N2.C54H36N2/c1-4-14-41(15-5-1)44-24-30-51(31-25-44)61-57-22-12-10-20-53(57)55-34-28-46(39-59(55)61)47-29-35-56-54-21-11-13-23-58(54)62(60(56)40-47)52-32-26-45(27-33-52)50-37-48(42-16-6-2-7-17-42)36-49(38-50)43-18-8-3-9-19-43;1-4-15-37(16-5-1)41-33-42(38-17-6-2-7-18-38)35-43(34-41)39-27-30-45(31-28-39)56-51-25-13-11-22-48(51)54-46(23-14-26-53(54)56)40-29-32-52-49(36-40)47-21-10-12-24-50(47)55(52)44-19-8-3-9-20-44/h1-40H;1-36H. The zero-order valence-electron chi connectivity index (χ0n) is 64.7. The molecule has 0 fully saturated rings. The lowest BCUT2D eigenvalue weighted by molar-refractivity contribution is 1.18. The van der Waals surface area contributed by atoms with Gasteiger partial charge in [-0.2, -0.15) is 0 Å². The highest BCUT2D eigenvalue weighted by Crippen LogP contribution is 2.45. The van der Waals surface area contributed by atoms with Gasteiger partial charge in [-0.1, -0.05) is 322 Å². The summed E-state index contributed by atoms with van der Waals surface area (Å²) in [6.45, 7) is 0. The van der Waals surface area contributed by atoms with Crippen LogP contribution in [0.5, 0.6) is 0 Å². The van der Waals surface area contributed by atoms with E-state index in [2.05, 4.69) is 479 Å². The van der Waals surface area contributed by atoms with Crippen molar-refractivity contribution < 1.29 is 0 Å². The van der Waals surface area contributed by atoms with E-state index in [0.29, 0.717) is 0 Å². The van der Waals surface area contributed by atoms with Gasteiger partial charge in [-0.05, 0) is 240 Å². The second kappa shape index (κ2) is 29.4. The lowest BCUT2D eigenvalue weighted by atomic mass is 9.93. The zero-order chi connectivity index (χ0) is 78.0. The Hall–Kier alpha value is -15.6. The molecule has 0 spiro atoms. The SMILES string of the molecule is c1ccc(-c2cc(-c3ccccc3)cc(-c3ccc(-n4c5ccccc5c5c(-c6ccc7c(c6)c6ccccc6n7-c6ccccc6)cccc54)cc3)c2)cc1.c1ccc(-c2ccc(-n3c4ccccc4c4ccc(-c5ccc6c7ccccc7n(-c7ccc(-c8cc(-c9ccccc9)cc(-c9ccccc9)c8)cc7)c6c5)cc43)cc2)cc1. The molecule has 0 amide bonds. The third kappa shape index (κ3) is 12.3. The Morgan fingerprint density at radius 2 is 0.356 bits per heavy atom. The van der Waals surface area contributed by atoms with E-state index in [9.17, 15) is 0 Å². The van der Waals surface area contributed by atoms with E-state index in [1.807, 2.05) is 0 Å². The van der Waals surface area contributed by atoms with E-state index in [0.717, 1.165) is 17.1 Å². The molecule has 0 saturated heterocycles. The molecule has 4 aromatic heterocycles. The van der Waals surface area contributed by atoms with E-state index in [4.69, 9.17) is 0 Å². The first kappa shape index (κ1) is 69.1. The second-order valence-corrected chi connectivity index (χ2v) is 30.7. The van der Waals surface area contributed by atoms with Crippen molar-refractivity contribution in [1.29, 1.82) is 0 Å². The van der Waals surface area contributed by atoms with E-state index < -0.39 is 0 Å². The normalized spacial score (nSPS) is 11.6. The van der Waals surface area contributed by atoms with Gasteiger partial charge in [0.1, 0.15) is 0 Å². The van der Waals surface area contributed by atoms with Crippen LogP contribution in [0.4, 0.5) is 0 Å². The maximum absolute atomic E-state index is 2.43. The summed E-state index contributed by atoms with van der Waals surface area (Å²) in [7, 11) is 0. The van der Waals surface area contributed by atoms with Crippen LogP contribution in [0.15, 0.2) is 461 Å². The van der Waals surface area contributed by atoms with Crippen LogP contribution >= 0.6 is 0 Å². The number of fused-ring (bicyclic) bond motifs is 12. The molecule has 23 aromatic rings. The van der Waals surface area contributed by atoms with Crippen LogP contribution < -0.4 is 0 Å². The molecule has 4 heteroatoms. The number of para-hydroxylation sites is 5. The van der Waals surface area contributed by atoms with Gasteiger partial charge in [0.05, 0.1) is 44.1 Å². The van der Waals surface area contributed by atoms with Crippen molar-refractivity contribution in [3.63, 3.8) is 0 Å². The lowest BCUT2D eigenvalue weighted by Crippen LogP contribution is -1.95. The van der Waals surface area contributed by atoms with E-state index in [1.165, 1.54) is 193 Å². The van der Waals surface area contributed by atoms with Gasteiger partial charge < -0.3 is 18.3 Å². The van der Waals surface area contributed by atoms with Gasteiger partial charge >= 0.3 is 0 Å². The number of rotatable bonds is 13. The first-order valence-corrected chi connectivity index (χ1v) is 40.6. The minimum absolute atomic E-state index is 1.13. The quantitative estimate of drug-likeness (QED) is 0.110. The summed E-state index contributed by atoms with van der Waals surface area (Å²) in [6.07, 6.45) is 0. The number of hydrogen-bond donors (Lipinski definition) is 0. The molecule has 0 unspecified atom stereocenters. The summed E-state index contributed by atoms with van der Waals surface area (Å²) in [5.74, 6) is 0. The molecule has 0 N–H and O–H groups in total. The highest BCUT2D eigenvalue weighted by molar-refractivity contribution is 6.18. The highest BCUT2D eigenvalue weighted by Gasteiger charge is 2.22. The lowest BCUT2D eigenvalue weighted by Gasteiger charge is -2.13. The Morgan fingerprint density at radius 3 is 0.746 bits per heavy atom. The van der Waals surface area contributed by atoms with Crippen LogP contribution in [-0.2, 0) is 0 Å². The van der Waals surface area contributed by atoms with Crippen molar-refractivity contribution >= 4 is 87.2 Å². The molecule has 0 aliphatic carbocycles. The van der Waals surface area contributed by atoms with Crippen LogP contribution in [-0.4, -0.2) is 18.3 Å². The van der Waals surface area contributed by atoms with Gasteiger partial charge in [0.2, 0.25) is 0 Å². The zero-order valence-corrected chi connectivity index (χ0v) is 64.7. The largest absolute Gasteiger partial charge is 0.309 e. The molecule has 4 heterocycles. The summed E-state index contributed by atoms with van der Waals surface area (Å²) in [4.78, 5) is 0. The van der Waals surface area contributed by atoms with Gasteiger partial charge in [-0.15, -0.1) is 0 Å². The molecular formula is C114H76N4. The van der Waals surface area contributed by atoms with Crippen LogP contribution in [0.1, 0.15) is 0 Å². The Bertz CT molecular complexity index is 7590. The highest BCUT2D eigenvalue weighted by atomic mass is 15.0. The number of nitrogens with zero attached hydrogens (tertiary/aromatic N) is 4. The molecular weight excluding hydrogens is 1430 g/mol. The van der Waals surface area contributed by atoms with Crippen LogP contribution in [0, 0.1) is 0 Å². The summed E-state index contributed by atoms with van der Waals surface area (Å²) in [5, 5.41) is 10.0. The van der Waals surface area contributed by atoms with Gasteiger partial charge in [0.15, 0.2) is 0 Å². The third-order valence-corrected chi connectivity index (χ3v) is 23.8. The fraction of sp³-hybridized carbons (Fsp3) is 0. The van der Waals surface area contributed by atoms with E-state index in [1.54, 1.807) is 0 Å². The average molecular weight is 1500 g/mol. The topological polar surface area (TPSA) is 19.7 Å². The summed E-state index contributed by atoms with van der Waals surface area (Å²) in [6, 6.07) is 168. The van der Waals surface area contributed by atoms with E-state index >= 15 is 0 Å². The fourth-order valence-corrected chi connectivity index (χ4v) is 18.2. The average Bonchev–Trinajstić information content (AvgIpc) is 1.58. The van der Waals surface area contributed by atoms with Gasteiger partial charge in [-0.3, -0.25) is 0 Å². The summed E-state index contributed by atoms with van der Waals surface area (Å²) < 4.78 is 9.65. The Balaban J connectivity index is 0.000000143. The van der Waals surface area contributed by atoms with Gasteiger partial charge in [-0.25, -0.2) is 0 Å². The third-order valence-electron chi connectivity index (χ3n) is 23.8. The molecule has 0 aliphatic heterocycles. The molecule has 0 atom stereocenters. The minimum atomic E-state index is 1.13. The van der Waals surface area contributed by atoms with Crippen molar-refractivity contribution in [3.05, 3.63) is 461 Å². The van der Waals surface area contributed by atoms with Crippen molar-refractivity contribution in [3.8, 4) is 123 Å². The smallest absolute Gasteiger partial charge is 0.0547 e. The molecule has 552 valence electrons. The van der Waals surface area contributed by atoms with Gasteiger partial charge in [0.25, 0.3) is 0 Å². The molecule has 0 aliphatic rings. The number of benzene rings is 19. The number of aromatic nitrogens is 4. The van der Waals surface area contributed by atoms with E-state index in [-0.39, 0.29) is 0 Å². The Morgan fingerprint density at radius 1 is 0.110 bits per heavy atom. The molecule has 118 heavy (non-hydrogen) atoms. The second-order valence-electron chi connectivity index (χ2n) is 30.7. The maximum Gasteiger partial charge on any atom is 0.0547 e. The first-order valence-electron chi connectivity index (χ1n) is 40.6. The summed E-state index contributed by atoms with van der Waals surface area (Å²) in [5.41, 5.74) is 35.9. The molecule has 0 saturated carbocycles. The Kier molecular flexibility index (Phi) is 17.2. The van der Waals surface area contributed by atoms with Crippen LogP contribution in [0.25, 0.3) is 210 Å². The first-order chi connectivity index (χ1) is 58.5. The molecule has 19 aromatic carbocycles. The maximum atomic E-state index is 2.43. The molecule has 0 radical (unpaired) electrons. The molecule has 0 bridgehead atoms. The van der Waals surface area contributed by atoms with Crippen molar-refractivity contribution in [2.24, 2.45) is 0 Å². The van der Waals surface area contributed by atoms with Crippen molar-refractivity contribution in [1.82, 2.24) is 18.3 Å². The predicted molar refractivity (Wildman–Crippen MR) is 499 cm³/mol. The van der Waals surface area contributed by atoms with Crippen LogP contribution in [0.3, 0.4) is 0 Å². The monoisotopic (exact) mass is 1500 g/mol. The van der Waals surface area contributed by atoms with Gasteiger partial charge in [0, 0.05) is 65.8 Å². The summed E-state index contributed by atoms with van der Waals surface area (Å²) >= 11 is 0. The van der Waals surface area contributed by atoms with Crippen LogP contribution in [0.2, 0.25) is 0 Å². The van der Waals surface area contributed by atoms with Crippen molar-refractivity contribution in [2.75, 3.05) is 0 Å². The molecule has 23 rings (SSSR count). The van der Waals surface area contributed by atoms with Crippen molar-refractivity contribution in [2.45, 2.75) is 0 Å². The minimum Gasteiger partial charge on any atom is -0.309 e. The molecule has 4 nitrogen and oxygen atoms in total. The fourth-order valence-electron chi connectivity index (χ4n) is 18.2. The predicted octanol–water partition coefficient (Wildman–Crippen LogP) is 30.8. The Labute approximate surface area is 684 Å².